The molecule has 0 unspecified atom stereocenters. The third kappa shape index (κ3) is 2.92. The number of ether oxygens (including phenoxy) is 1. The molecule has 1 aliphatic rings. The number of hydrogen-bond acceptors (Lipinski definition) is 4. The largest absolute Gasteiger partial charge is 0.497 e. The summed E-state index contributed by atoms with van der Waals surface area (Å²) in [5.74, 6) is 0.499. The topological polar surface area (TPSA) is 67.6 Å². The smallest absolute Gasteiger partial charge is 0.267 e. The van der Waals surface area contributed by atoms with Crippen molar-refractivity contribution in [1.29, 1.82) is 0 Å². The van der Waals surface area contributed by atoms with E-state index in [1.807, 2.05) is 5.01 Å². The maximum Gasteiger partial charge on any atom is 0.267 e. The normalized spacial score (nSPS) is 16.3. The van der Waals surface area contributed by atoms with Gasteiger partial charge < -0.3 is 10.5 Å². The van der Waals surface area contributed by atoms with Gasteiger partial charge in [-0.1, -0.05) is 6.42 Å². The number of nitrogen functional groups attached to an aromatic ring is 1. The summed E-state index contributed by atoms with van der Waals surface area (Å²) in [6, 6.07) is 5.08. The van der Waals surface area contributed by atoms with E-state index in [4.69, 9.17) is 10.5 Å². The molecule has 0 bridgehead atoms. The van der Waals surface area contributed by atoms with E-state index < -0.39 is 0 Å². The molecule has 1 heterocycles. The average molecular weight is 249 g/mol. The quantitative estimate of drug-likeness (QED) is 0.795. The summed E-state index contributed by atoms with van der Waals surface area (Å²) >= 11 is 0. The van der Waals surface area contributed by atoms with Gasteiger partial charge in [0.2, 0.25) is 0 Å². The van der Waals surface area contributed by atoms with Crippen molar-refractivity contribution in [3.05, 3.63) is 23.8 Å². The van der Waals surface area contributed by atoms with E-state index in [1.165, 1.54) is 6.42 Å². The molecule has 1 aromatic carbocycles. The van der Waals surface area contributed by atoms with Gasteiger partial charge in [0.1, 0.15) is 5.75 Å². The van der Waals surface area contributed by atoms with E-state index in [0.29, 0.717) is 17.0 Å². The molecule has 3 N–H and O–H groups in total. The van der Waals surface area contributed by atoms with Crippen LogP contribution in [0, 0.1) is 0 Å². The van der Waals surface area contributed by atoms with Crippen molar-refractivity contribution in [2.75, 3.05) is 25.9 Å². The van der Waals surface area contributed by atoms with Crippen LogP contribution in [-0.4, -0.2) is 31.1 Å². The summed E-state index contributed by atoms with van der Waals surface area (Å²) in [5.41, 5.74) is 9.65. The number of benzene rings is 1. The maximum atomic E-state index is 12.1. The molecule has 1 saturated heterocycles. The molecule has 18 heavy (non-hydrogen) atoms. The van der Waals surface area contributed by atoms with E-state index >= 15 is 0 Å². The first-order valence-electron chi connectivity index (χ1n) is 6.20. The van der Waals surface area contributed by atoms with Crippen LogP contribution in [0.2, 0.25) is 0 Å². The van der Waals surface area contributed by atoms with E-state index in [0.717, 1.165) is 25.9 Å². The zero-order valence-corrected chi connectivity index (χ0v) is 10.6. The number of hydrogen-bond donors (Lipinski definition) is 2. The van der Waals surface area contributed by atoms with Crippen LogP contribution in [0.3, 0.4) is 0 Å². The first-order valence-corrected chi connectivity index (χ1v) is 6.20. The number of rotatable bonds is 3. The number of nitrogens with one attached hydrogen (secondary N) is 1. The lowest BCUT2D eigenvalue weighted by Gasteiger charge is -2.27. The fraction of sp³-hybridized carbons (Fsp3) is 0.462. The zero-order chi connectivity index (χ0) is 13.0. The van der Waals surface area contributed by atoms with Crippen LogP contribution < -0.4 is 15.9 Å². The highest BCUT2D eigenvalue weighted by atomic mass is 16.5. The minimum atomic E-state index is -0.156. The number of amides is 1. The summed E-state index contributed by atoms with van der Waals surface area (Å²) < 4.78 is 5.06. The lowest BCUT2D eigenvalue weighted by Crippen LogP contribution is -2.45. The number of piperidine rings is 1. The summed E-state index contributed by atoms with van der Waals surface area (Å²) in [5, 5.41) is 1.95. The Morgan fingerprint density at radius 3 is 2.67 bits per heavy atom. The maximum absolute atomic E-state index is 12.1. The van der Waals surface area contributed by atoms with Crippen LogP contribution >= 0.6 is 0 Å². The Hall–Kier alpha value is -1.75. The van der Waals surface area contributed by atoms with Gasteiger partial charge >= 0.3 is 0 Å². The van der Waals surface area contributed by atoms with E-state index in [1.54, 1.807) is 25.3 Å². The van der Waals surface area contributed by atoms with Crippen LogP contribution in [0.15, 0.2) is 18.2 Å². The molecule has 0 aliphatic carbocycles. The van der Waals surface area contributed by atoms with Crippen molar-refractivity contribution in [3.63, 3.8) is 0 Å². The summed E-state index contributed by atoms with van der Waals surface area (Å²) in [4.78, 5) is 12.1. The lowest BCUT2D eigenvalue weighted by atomic mass is 10.1. The molecule has 5 heteroatoms. The minimum Gasteiger partial charge on any atom is -0.497 e. The second-order valence-electron chi connectivity index (χ2n) is 4.44. The molecular weight excluding hydrogens is 230 g/mol. The number of hydrazine groups is 1. The van der Waals surface area contributed by atoms with E-state index in [2.05, 4.69) is 5.43 Å². The lowest BCUT2D eigenvalue weighted by molar-refractivity contribution is 0.0751. The molecule has 5 nitrogen and oxygen atoms in total. The number of carbonyl (C=O) groups excluding carboxylic acids is 1. The first kappa shape index (κ1) is 12.7. The number of anilines is 1. The Morgan fingerprint density at radius 1 is 1.33 bits per heavy atom. The van der Waals surface area contributed by atoms with Crippen LogP contribution in [-0.2, 0) is 0 Å². The molecule has 1 aromatic rings. The predicted molar refractivity (Wildman–Crippen MR) is 70.3 cm³/mol. The van der Waals surface area contributed by atoms with Gasteiger partial charge in [0.25, 0.3) is 5.91 Å². The van der Waals surface area contributed by atoms with Gasteiger partial charge in [0, 0.05) is 24.8 Å². The molecule has 0 saturated carbocycles. The van der Waals surface area contributed by atoms with Crippen molar-refractivity contribution in [1.82, 2.24) is 10.4 Å². The molecule has 1 fully saturated rings. The molecule has 98 valence electrons. The van der Waals surface area contributed by atoms with Gasteiger partial charge in [0.05, 0.1) is 12.7 Å². The van der Waals surface area contributed by atoms with Gasteiger partial charge in [0.15, 0.2) is 0 Å². The van der Waals surface area contributed by atoms with Gasteiger partial charge in [-0.15, -0.1) is 0 Å². The molecule has 1 amide bonds. The fourth-order valence-electron chi connectivity index (χ4n) is 2.08. The second kappa shape index (κ2) is 5.73. The Balaban J connectivity index is 2.03. The van der Waals surface area contributed by atoms with Gasteiger partial charge in [-0.2, -0.15) is 0 Å². The monoisotopic (exact) mass is 249 g/mol. The summed E-state index contributed by atoms with van der Waals surface area (Å²) in [7, 11) is 1.57. The molecule has 1 aliphatic heterocycles. The standard InChI is InChI=1S/C13H19N3O2/c1-18-10-5-6-11(12(14)9-10)13(17)15-16-7-3-2-4-8-16/h5-6,9H,2-4,7-8,14H2,1H3,(H,15,17). The van der Waals surface area contributed by atoms with Crippen LogP contribution in [0.4, 0.5) is 5.69 Å². The average Bonchev–Trinajstić information content (AvgIpc) is 2.39. The molecule has 2 rings (SSSR count). The minimum absolute atomic E-state index is 0.156. The van der Waals surface area contributed by atoms with Crippen LogP contribution in [0.25, 0.3) is 0 Å². The van der Waals surface area contributed by atoms with E-state index in [9.17, 15) is 4.79 Å². The highest BCUT2D eigenvalue weighted by molar-refractivity contribution is 5.99. The third-order valence-electron chi connectivity index (χ3n) is 3.12. The SMILES string of the molecule is COc1ccc(C(=O)NN2CCCCC2)c(N)c1. The highest BCUT2D eigenvalue weighted by Gasteiger charge is 2.16. The van der Waals surface area contributed by atoms with Gasteiger partial charge in [-0.25, -0.2) is 5.01 Å². The number of methoxy groups -OCH3 is 1. The molecular formula is C13H19N3O2. The summed E-state index contributed by atoms with van der Waals surface area (Å²) in [6.45, 7) is 1.81. The number of nitrogens with two attached hydrogens (primary N) is 1. The summed E-state index contributed by atoms with van der Waals surface area (Å²) in [6.07, 6.45) is 3.48. The molecule has 0 radical (unpaired) electrons. The first-order chi connectivity index (χ1) is 8.70. The highest BCUT2D eigenvalue weighted by Crippen LogP contribution is 2.19. The Labute approximate surface area is 107 Å². The fourth-order valence-corrected chi connectivity index (χ4v) is 2.08. The van der Waals surface area contributed by atoms with Crippen molar-refractivity contribution in [2.45, 2.75) is 19.3 Å². The second-order valence-corrected chi connectivity index (χ2v) is 4.44. The molecule has 0 spiro atoms. The predicted octanol–water partition coefficient (Wildman–Crippen LogP) is 1.41. The Bertz CT molecular complexity index is 428. The van der Waals surface area contributed by atoms with Crippen molar-refractivity contribution in [2.24, 2.45) is 0 Å². The third-order valence-corrected chi connectivity index (χ3v) is 3.12. The van der Waals surface area contributed by atoms with Crippen LogP contribution in [0.1, 0.15) is 29.6 Å². The zero-order valence-electron chi connectivity index (χ0n) is 10.6. The Kier molecular flexibility index (Phi) is 4.04. The molecule has 0 atom stereocenters. The van der Waals surface area contributed by atoms with Gasteiger partial charge in [-0.3, -0.25) is 10.2 Å². The van der Waals surface area contributed by atoms with Crippen molar-refractivity contribution < 1.29 is 9.53 Å². The van der Waals surface area contributed by atoms with E-state index in [-0.39, 0.29) is 5.91 Å². The Morgan fingerprint density at radius 2 is 2.06 bits per heavy atom. The number of nitrogens with zero attached hydrogens (tertiary/aromatic N) is 1. The van der Waals surface area contributed by atoms with Gasteiger partial charge in [-0.05, 0) is 25.0 Å². The molecule has 0 aromatic heterocycles. The van der Waals surface area contributed by atoms with Crippen molar-refractivity contribution >= 4 is 11.6 Å². The number of carbonyl (C=O) groups is 1. The van der Waals surface area contributed by atoms with Crippen LogP contribution in [0.5, 0.6) is 5.75 Å². The van der Waals surface area contributed by atoms with Crippen molar-refractivity contribution in [3.8, 4) is 5.75 Å².